The molecule has 1 fully saturated rings. The van der Waals surface area contributed by atoms with Gasteiger partial charge in [0.05, 0.1) is 41.4 Å². The fourth-order valence-corrected chi connectivity index (χ4v) is 6.10. The molecule has 6 nitrogen and oxygen atoms in total. The fourth-order valence-electron chi connectivity index (χ4n) is 6.10. The zero-order valence-corrected chi connectivity index (χ0v) is 23.3. The van der Waals surface area contributed by atoms with Crippen molar-refractivity contribution in [3.8, 4) is 5.75 Å². The van der Waals surface area contributed by atoms with Crippen LogP contribution in [-0.4, -0.2) is 39.8 Å². The maximum Gasteiger partial charge on any atom is 0.416 e. The van der Waals surface area contributed by atoms with Gasteiger partial charge in [0.15, 0.2) is 0 Å². The van der Waals surface area contributed by atoms with Gasteiger partial charge in [-0.25, -0.2) is 4.90 Å². The van der Waals surface area contributed by atoms with Gasteiger partial charge in [-0.05, 0) is 62.4 Å². The molecule has 1 heterocycles. The van der Waals surface area contributed by atoms with E-state index in [0.717, 1.165) is 5.57 Å². The number of nitrogens with zero attached hydrogens (tertiary/aromatic N) is 1. The van der Waals surface area contributed by atoms with Crippen molar-refractivity contribution in [2.45, 2.75) is 58.0 Å². The zero-order chi connectivity index (χ0) is 31.9. The predicted molar refractivity (Wildman–Crippen MR) is 145 cm³/mol. The summed E-state index contributed by atoms with van der Waals surface area (Å²) in [5.74, 6) is -5.40. The van der Waals surface area contributed by atoms with E-state index in [4.69, 9.17) is 0 Å². The SMILES string of the molecule is CC/C(=C\c1ccccc1O)CC[C@@H](O)C1=C(C)C[C@H]2C(=O)N(c3cc(C(F)(F)F)cc(C(F)(F)F)c3)C(=O)[C@H]2[C@H]1CO. The van der Waals surface area contributed by atoms with Crippen molar-refractivity contribution in [3.63, 3.8) is 0 Å². The van der Waals surface area contributed by atoms with Gasteiger partial charge in [-0.2, -0.15) is 26.3 Å². The third-order valence-corrected chi connectivity index (χ3v) is 8.20. The van der Waals surface area contributed by atoms with Crippen LogP contribution in [0.15, 0.2) is 59.2 Å². The number of carbonyl (C=O) groups is 2. The van der Waals surface area contributed by atoms with Crippen molar-refractivity contribution >= 4 is 23.6 Å². The van der Waals surface area contributed by atoms with Crippen LogP contribution in [0, 0.1) is 17.8 Å². The van der Waals surface area contributed by atoms with E-state index in [2.05, 4.69) is 0 Å². The van der Waals surface area contributed by atoms with E-state index < -0.39 is 71.4 Å². The lowest BCUT2D eigenvalue weighted by molar-refractivity contribution is -0.143. The van der Waals surface area contributed by atoms with Gasteiger partial charge >= 0.3 is 12.4 Å². The summed E-state index contributed by atoms with van der Waals surface area (Å²) in [5.41, 5.74) is -1.86. The minimum Gasteiger partial charge on any atom is -0.507 e. The highest BCUT2D eigenvalue weighted by Gasteiger charge is 2.55. The molecule has 232 valence electrons. The van der Waals surface area contributed by atoms with Crippen LogP contribution in [0.2, 0.25) is 0 Å². The number of allylic oxidation sites excluding steroid dienone is 2. The van der Waals surface area contributed by atoms with Gasteiger partial charge in [-0.3, -0.25) is 9.59 Å². The molecule has 12 heteroatoms. The summed E-state index contributed by atoms with van der Waals surface area (Å²) in [6.45, 7) is 2.84. The number of carbonyl (C=O) groups excluding carboxylic acids is 2. The highest BCUT2D eigenvalue weighted by Crippen LogP contribution is 2.48. The van der Waals surface area contributed by atoms with Gasteiger partial charge in [0.1, 0.15) is 5.75 Å². The molecule has 43 heavy (non-hydrogen) atoms. The number of hydrogen-bond donors (Lipinski definition) is 3. The Kier molecular flexibility index (Phi) is 9.13. The first-order chi connectivity index (χ1) is 20.1. The molecular weight excluding hydrogens is 580 g/mol. The van der Waals surface area contributed by atoms with Crippen molar-refractivity contribution in [1.82, 2.24) is 0 Å². The number of benzene rings is 2. The number of aromatic hydroxyl groups is 1. The minimum atomic E-state index is -5.18. The van der Waals surface area contributed by atoms with Crippen molar-refractivity contribution in [1.29, 1.82) is 0 Å². The van der Waals surface area contributed by atoms with E-state index in [1.165, 1.54) is 0 Å². The highest BCUT2D eigenvalue weighted by atomic mass is 19.4. The smallest absolute Gasteiger partial charge is 0.416 e. The Morgan fingerprint density at radius 2 is 1.63 bits per heavy atom. The number of fused-ring (bicyclic) bond motifs is 1. The maximum atomic E-state index is 13.6. The van der Waals surface area contributed by atoms with Crippen LogP contribution >= 0.6 is 0 Å². The molecule has 0 aromatic heterocycles. The molecular formula is C31H31F6NO5. The summed E-state index contributed by atoms with van der Waals surface area (Å²) < 4.78 is 80.9. The number of rotatable bonds is 8. The number of phenols is 1. The summed E-state index contributed by atoms with van der Waals surface area (Å²) >= 11 is 0. The fraction of sp³-hybridized carbons (Fsp3) is 0.419. The van der Waals surface area contributed by atoms with E-state index in [-0.39, 0.29) is 24.7 Å². The lowest BCUT2D eigenvalue weighted by Crippen LogP contribution is -2.38. The molecule has 0 spiro atoms. The second-order valence-electron chi connectivity index (χ2n) is 10.9. The van der Waals surface area contributed by atoms with E-state index in [1.807, 2.05) is 6.92 Å². The first-order valence-electron chi connectivity index (χ1n) is 13.7. The molecule has 4 atom stereocenters. The van der Waals surface area contributed by atoms with E-state index >= 15 is 0 Å². The van der Waals surface area contributed by atoms with Crippen LogP contribution in [0.25, 0.3) is 6.08 Å². The first-order valence-corrected chi connectivity index (χ1v) is 13.7. The monoisotopic (exact) mass is 611 g/mol. The van der Waals surface area contributed by atoms with Gasteiger partial charge in [-0.15, -0.1) is 0 Å². The average molecular weight is 612 g/mol. The molecule has 2 aromatic rings. The van der Waals surface area contributed by atoms with Crippen LogP contribution in [0.3, 0.4) is 0 Å². The Morgan fingerprint density at radius 3 is 2.16 bits per heavy atom. The van der Waals surface area contributed by atoms with Gasteiger partial charge in [0.25, 0.3) is 0 Å². The second-order valence-corrected chi connectivity index (χ2v) is 10.9. The van der Waals surface area contributed by atoms with Gasteiger partial charge in [0, 0.05) is 11.5 Å². The summed E-state index contributed by atoms with van der Waals surface area (Å²) in [5, 5.41) is 31.6. The Labute approximate surface area is 243 Å². The molecule has 3 N–H and O–H groups in total. The Hall–Kier alpha value is -3.64. The van der Waals surface area contributed by atoms with Crippen molar-refractivity contribution < 1.29 is 51.3 Å². The number of anilines is 1. The Balaban J connectivity index is 1.63. The van der Waals surface area contributed by atoms with Crippen LogP contribution in [-0.2, 0) is 21.9 Å². The highest BCUT2D eigenvalue weighted by molar-refractivity contribution is 6.22. The number of aliphatic hydroxyl groups excluding tert-OH is 2. The topological polar surface area (TPSA) is 98.1 Å². The number of hydrogen-bond acceptors (Lipinski definition) is 5. The lowest BCUT2D eigenvalue weighted by atomic mass is 9.68. The normalized spacial score (nSPS) is 22.3. The number of alkyl halides is 6. The zero-order valence-electron chi connectivity index (χ0n) is 23.3. The van der Waals surface area contributed by atoms with Crippen molar-refractivity contribution in [3.05, 3.63) is 75.9 Å². The summed E-state index contributed by atoms with van der Waals surface area (Å²) in [6, 6.07) is 7.29. The van der Waals surface area contributed by atoms with Crippen molar-refractivity contribution in [2.75, 3.05) is 11.5 Å². The number of halogens is 6. The summed E-state index contributed by atoms with van der Waals surface area (Å²) in [4.78, 5) is 27.3. The lowest BCUT2D eigenvalue weighted by Gasteiger charge is -2.35. The predicted octanol–water partition coefficient (Wildman–Crippen LogP) is 6.50. The number of amides is 2. The van der Waals surface area contributed by atoms with Crippen LogP contribution in [0.1, 0.15) is 56.2 Å². The van der Waals surface area contributed by atoms with Crippen molar-refractivity contribution in [2.24, 2.45) is 17.8 Å². The largest absolute Gasteiger partial charge is 0.507 e. The Bertz CT molecular complexity index is 1430. The second kappa shape index (κ2) is 12.2. The van der Waals surface area contributed by atoms with Gasteiger partial charge in [-0.1, -0.05) is 42.3 Å². The summed E-state index contributed by atoms with van der Waals surface area (Å²) in [7, 11) is 0. The van der Waals surface area contributed by atoms with Crippen LogP contribution in [0.4, 0.5) is 32.0 Å². The first kappa shape index (κ1) is 32.3. The Morgan fingerprint density at radius 1 is 1.02 bits per heavy atom. The van der Waals surface area contributed by atoms with Crippen LogP contribution in [0.5, 0.6) is 5.75 Å². The molecule has 0 radical (unpaired) electrons. The molecule has 2 aliphatic rings. The molecule has 4 rings (SSSR count). The minimum absolute atomic E-state index is 0.0614. The molecule has 0 bridgehead atoms. The summed E-state index contributed by atoms with van der Waals surface area (Å²) in [6.07, 6.45) is -8.61. The number of phenolic OH excluding ortho intramolecular Hbond substituents is 1. The van der Waals surface area contributed by atoms with Crippen LogP contribution < -0.4 is 4.90 Å². The quantitative estimate of drug-likeness (QED) is 0.180. The molecule has 0 saturated carbocycles. The van der Waals surface area contributed by atoms with E-state index in [1.54, 1.807) is 37.3 Å². The third kappa shape index (κ3) is 6.50. The van der Waals surface area contributed by atoms with E-state index in [0.29, 0.717) is 46.6 Å². The average Bonchev–Trinajstić information content (AvgIpc) is 3.18. The van der Waals surface area contributed by atoms with Gasteiger partial charge in [0.2, 0.25) is 11.8 Å². The number of para-hydroxylation sites is 1. The third-order valence-electron chi connectivity index (χ3n) is 8.20. The van der Waals surface area contributed by atoms with Gasteiger partial charge < -0.3 is 15.3 Å². The number of aliphatic hydroxyl groups is 2. The maximum absolute atomic E-state index is 13.6. The van der Waals surface area contributed by atoms with E-state index in [9.17, 15) is 51.3 Å². The molecule has 1 saturated heterocycles. The number of imide groups is 1. The molecule has 2 amide bonds. The molecule has 1 aliphatic carbocycles. The molecule has 2 aromatic carbocycles. The molecule has 1 aliphatic heterocycles. The molecule has 0 unspecified atom stereocenters. The standard InChI is InChI=1S/C31H31F6NO5/c1-3-17(11-18-6-4-5-7-24(18)40)8-9-25(41)26-16(2)10-22-27(23(26)15-39)29(43)38(28(22)42)21-13-19(30(32,33)34)12-20(14-21)31(35,36)37/h4-7,11-14,22-23,25,27,39-41H,3,8-10,15H2,1-2H3/b17-11+/t22-,23+,25-,27-/m1/s1.